The predicted octanol–water partition coefficient (Wildman–Crippen LogP) is 0.728. The molecule has 0 amide bonds. The largest absolute Gasteiger partial charge is 0.383 e. The molecule has 7 heteroatoms. The highest BCUT2D eigenvalue weighted by Gasteiger charge is 2.24. The lowest BCUT2D eigenvalue weighted by molar-refractivity contribution is 0.173. The van der Waals surface area contributed by atoms with Gasteiger partial charge in [-0.15, -0.1) is 0 Å². The molecule has 0 saturated carbocycles. The highest BCUT2D eigenvalue weighted by molar-refractivity contribution is 7.89. The summed E-state index contributed by atoms with van der Waals surface area (Å²) in [4.78, 5) is 0.0843. The molecule has 1 rings (SSSR count). The van der Waals surface area contributed by atoms with E-state index in [2.05, 4.69) is 0 Å². The molecule has 19 heavy (non-hydrogen) atoms. The summed E-state index contributed by atoms with van der Waals surface area (Å²) in [7, 11) is -0.732. The zero-order valence-corrected chi connectivity index (χ0v) is 12.1. The van der Waals surface area contributed by atoms with Gasteiger partial charge in [0.05, 0.1) is 11.5 Å². The Hall–Kier alpha value is -1.02. The fraction of sp³-hybridized carbons (Fsp3) is 0.500. The third-order valence-corrected chi connectivity index (χ3v) is 4.68. The molecule has 0 bridgehead atoms. The van der Waals surface area contributed by atoms with Crippen LogP contribution in [0.5, 0.6) is 0 Å². The molecule has 1 aromatic rings. The molecule has 0 aromatic heterocycles. The molecule has 2 N–H and O–H groups in total. The van der Waals surface area contributed by atoms with Crippen LogP contribution in [-0.4, -0.2) is 46.1 Å². The fourth-order valence-corrected chi connectivity index (χ4v) is 3.19. The monoisotopic (exact) mass is 290 g/mol. The third-order valence-electron chi connectivity index (χ3n) is 2.70. The van der Waals surface area contributed by atoms with Crippen LogP contribution in [0.15, 0.2) is 23.1 Å². The number of hydrogen-bond acceptors (Lipinski definition) is 4. The number of methoxy groups -OCH3 is 1. The minimum absolute atomic E-state index is 0.0843. The van der Waals surface area contributed by atoms with Crippen molar-refractivity contribution in [3.8, 4) is 0 Å². The molecule has 5 nitrogen and oxygen atoms in total. The van der Waals surface area contributed by atoms with Crippen LogP contribution < -0.4 is 5.73 Å². The van der Waals surface area contributed by atoms with Gasteiger partial charge in [-0.1, -0.05) is 0 Å². The lowest BCUT2D eigenvalue weighted by Crippen LogP contribution is -2.41. The molecule has 0 aliphatic carbocycles. The molecule has 0 spiro atoms. The molecule has 108 valence electrons. The van der Waals surface area contributed by atoms with Gasteiger partial charge in [0.2, 0.25) is 10.0 Å². The quantitative estimate of drug-likeness (QED) is 0.838. The predicted molar refractivity (Wildman–Crippen MR) is 70.8 cm³/mol. The minimum atomic E-state index is -3.67. The van der Waals surface area contributed by atoms with E-state index in [-0.39, 0.29) is 18.0 Å². The third kappa shape index (κ3) is 3.97. The zero-order valence-electron chi connectivity index (χ0n) is 11.3. The number of nitrogens with two attached hydrogens (primary N) is 1. The van der Waals surface area contributed by atoms with E-state index in [1.165, 1.54) is 26.3 Å². The lowest BCUT2D eigenvalue weighted by atomic mass is 10.2. The van der Waals surface area contributed by atoms with Gasteiger partial charge in [-0.3, -0.25) is 0 Å². The van der Waals surface area contributed by atoms with Crippen LogP contribution in [0.2, 0.25) is 0 Å². The second kappa shape index (κ2) is 6.42. The van der Waals surface area contributed by atoms with Crippen LogP contribution in [0.1, 0.15) is 5.56 Å². The van der Waals surface area contributed by atoms with E-state index in [0.717, 1.165) is 10.4 Å². The lowest BCUT2D eigenvalue weighted by Gasteiger charge is -2.21. The van der Waals surface area contributed by atoms with Gasteiger partial charge in [0.25, 0.3) is 0 Å². The summed E-state index contributed by atoms with van der Waals surface area (Å²) in [6, 6.07) is 3.17. The molecule has 0 aliphatic rings. The molecule has 1 atom stereocenters. The maximum absolute atomic E-state index is 13.0. The van der Waals surface area contributed by atoms with Crippen molar-refractivity contribution < 1.29 is 17.5 Å². The average Bonchev–Trinajstić information content (AvgIpc) is 2.28. The SMILES string of the molecule is COCC(N)CN(C)S(=O)(=O)c1ccc(F)cc1C. The Morgan fingerprint density at radius 3 is 2.63 bits per heavy atom. The Labute approximate surface area is 113 Å². The number of hydrogen-bond donors (Lipinski definition) is 1. The Morgan fingerprint density at radius 1 is 1.47 bits per heavy atom. The Bertz CT molecular complexity index is 534. The van der Waals surface area contributed by atoms with Gasteiger partial charge in [0.1, 0.15) is 5.82 Å². The molecule has 0 fully saturated rings. The molecule has 0 radical (unpaired) electrons. The summed E-state index contributed by atoms with van der Waals surface area (Å²) in [5, 5.41) is 0. The van der Waals surface area contributed by atoms with E-state index in [1.807, 2.05) is 0 Å². The number of ether oxygens (including phenoxy) is 1. The van der Waals surface area contributed by atoms with E-state index < -0.39 is 21.9 Å². The van der Waals surface area contributed by atoms with Gasteiger partial charge in [-0.05, 0) is 30.7 Å². The summed E-state index contributed by atoms with van der Waals surface area (Å²) >= 11 is 0. The first-order valence-electron chi connectivity index (χ1n) is 5.76. The number of halogens is 1. The van der Waals surface area contributed by atoms with Crippen molar-refractivity contribution in [3.05, 3.63) is 29.6 Å². The molecule has 1 unspecified atom stereocenters. The second-order valence-corrected chi connectivity index (χ2v) is 6.42. The van der Waals surface area contributed by atoms with Crippen molar-refractivity contribution in [1.29, 1.82) is 0 Å². The Balaban J connectivity index is 2.97. The topological polar surface area (TPSA) is 72.6 Å². The summed E-state index contributed by atoms with van der Waals surface area (Å²) < 4.78 is 43.6. The van der Waals surface area contributed by atoms with E-state index >= 15 is 0 Å². The number of aryl methyl sites for hydroxylation is 1. The first-order valence-corrected chi connectivity index (χ1v) is 7.20. The number of likely N-dealkylation sites (N-methyl/N-ethyl adjacent to an activating group) is 1. The number of sulfonamides is 1. The molecule has 1 aromatic carbocycles. The Morgan fingerprint density at radius 2 is 2.11 bits per heavy atom. The highest BCUT2D eigenvalue weighted by atomic mass is 32.2. The van der Waals surface area contributed by atoms with Crippen LogP contribution in [0.4, 0.5) is 4.39 Å². The normalized spacial score (nSPS) is 13.8. The summed E-state index contributed by atoms with van der Waals surface area (Å²) in [5.41, 5.74) is 6.10. The van der Waals surface area contributed by atoms with Crippen molar-refractivity contribution in [2.75, 3.05) is 27.3 Å². The summed E-state index contributed by atoms with van der Waals surface area (Å²) in [6.45, 7) is 1.95. The molecular weight excluding hydrogens is 271 g/mol. The van der Waals surface area contributed by atoms with Crippen LogP contribution in [-0.2, 0) is 14.8 Å². The van der Waals surface area contributed by atoms with Crippen molar-refractivity contribution >= 4 is 10.0 Å². The van der Waals surface area contributed by atoms with Crippen molar-refractivity contribution in [2.45, 2.75) is 17.9 Å². The summed E-state index contributed by atoms with van der Waals surface area (Å²) in [5.74, 6) is -0.463. The van der Waals surface area contributed by atoms with E-state index in [9.17, 15) is 12.8 Å². The van der Waals surface area contributed by atoms with Crippen molar-refractivity contribution in [3.63, 3.8) is 0 Å². The van der Waals surface area contributed by atoms with Crippen LogP contribution >= 0.6 is 0 Å². The molecule has 0 saturated heterocycles. The first kappa shape index (κ1) is 16.0. The van der Waals surface area contributed by atoms with Gasteiger partial charge in [0.15, 0.2) is 0 Å². The maximum atomic E-state index is 13.0. The van der Waals surface area contributed by atoms with Crippen LogP contribution in [0.3, 0.4) is 0 Å². The smallest absolute Gasteiger partial charge is 0.243 e. The van der Waals surface area contributed by atoms with Gasteiger partial charge < -0.3 is 10.5 Å². The van der Waals surface area contributed by atoms with Crippen LogP contribution in [0.25, 0.3) is 0 Å². The number of rotatable bonds is 6. The number of nitrogens with zero attached hydrogens (tertiary/aromatic N) is 1. The highest BCUT2D eigenvalue weighted by Crippen LogP contribution is 2.19. The minimum Gasteiger partial charge on any atom is -0.383 e. The van der Waals surface area contributed by atoms with Gasteiger partial charge >= 0.3 is 0 Å². The maximum Gasteiger partial charge on any atom is 0.243 e. The second-order valence-electron chi connectivity index (χ2n) is 4.41. The molecule has 0 heterocycles. The standard InChI is InChI=1S/C12H19FN2O3S/c1-9-6-10(13)4-5-12(9)19(16,17)15(2)7-11(14)8-18-3/h4-6,11H,7-8,14H2,1-3H3. The van der Waals surface area contributed by atoms with E-state index in [0.29, 0.717) is 5.56 Å². The van der Waals surface area contributed by atoms with Gasteiger partial charge in [-0.2, -0.15) is 4.31 Å². The fourth-order valence-electron chi connectivity index (χ4n) is 1.77. The molecule has 0 aliphatic heterocycles. The van der Waals surface area contributed by atoms with Gasteiger partial charge in [0, 0.05) is 26.7 Å². The summed E-state index contributed by atoms with van der Waals surface area (Å²) in [6.07, 6.45) is 0. The average molecular weight is 290 g/mol. The van der Waals surface area contributed by atoms with Crippen LogP contribution in [0, 0.1) is 12.7 Å². The van der Waals surface area contributed by atoms with Crippen molar-refractivity contribution in [1.82, 2.24) is 4.31 Å². The number of benzene rings is 1. The van der Waals surface area contributed by atoms with Gasteiger partial charge in [-0.25, -0.2) is 12.8 Å². The van der Waals surface area contributed by atoms with E-state index in [4.69, 9.17) is 10.5 Å². The Kier molecular flexibility index (Phi) is 5.42. The molecular formula is C12H19FN2O3S. The van der Waals surface area contributed by atoms with Crippen molar-refractivity contribution in [2.24, 2.45) is 5.73 Å². The van der Waals surface area contributed by atoms with E-state index in [1.54, 1.807) is 6.92 Å². The first-order chi connectivity index (χ1) is 8.78. The zero-order chi connectivity index (χ0) is 14.6.